The Morgan fingerprint density at radius 2 is 2.12 bits per heavy atom. The number of halogens is 1. The van der Waals surface area contributed by atoms with Crippen LogP contribution in [0.15, 0.2) is 12.1 Å². The van der Waals surface area contributed by atoms with Crippen LogP contribution in [0, 0.1) is 6.92 Å². The third-order valence-electron chi connectivity index (χ3n) is 2.57. The SMILES string of the molecule is COc1cc(C)c(Cl)cc1N(C)CCCN. The van der Waals surface area contributed by atoms with E-state index in [1.54, 1.807) is 7.11 Å². The molecule has 0 saturated carbocycles. The van der Waals surface area contributed by atoms with Crippen molar-refractivity contribution in [1.29, 1.82) is 0 Å². The highest BCUT2D eigenvalue weighted by atomic mass is 35.5. The number of ether oxygens (including phenoxy) is 1. The van der Waals surface area contributed by atoms with Gasteiger partial charge in [-0.05, 0) is 37.6 Å². The zero-order valence-corrected chi connectivity index (χ0v) is 10.8. The summed E-state index contributed by atoms with van der Waals surface area (Å²) in [6.45, 7) is 3.55. The van der Waals surface area contributed by atoms with E-state index in [9.17, 15) is 0 Å². The molecule has 0 aliphatic rings. The number of anilines is 1. The molecule has 16 heavy (non-hydrogen) atoms. The van der Waals surface area contributed by atoms with E-state index in [0.717, 1.165) is 35.0 Å². The topological polar surface area (TPSA) is 38.5 Å². The van der Waals surface area contributed by atoms with Crippen molar-refractivity contribution in [2.45, 2.75) is 13.3 Å². The zero-order valence-electron chi connectivity index (χ0n) is 10.1. The van der Waals surface area contributed by atoms with Gasteiger partial charge in [0.15, 0.2) is 0 Å². The van der Waals surface area contributed by atoms with E-state index in [1.165, 1.54) is 0 Å². The molecule has 0 radical (unpaired) electrons. The summed E-state index contributed by atoms with van der Waals surface area (Å²) in [5, 5.41) is 0.760. The molecule has 1 aromatic rings. The molecule has 0 saturated heterocycles. The summed E-state index contributed by atoms with van der Waals surface area (Å²) >= 11 is 6.11. The minimum atomic E-state index is 0.687. The maximum atomic E-state index is 6.11. The first-order valence-corrected chi connectivity index (χ1v) is 5.73. The molecule has 90 valence electrons. The summed E-state index contributed by atoms with van der Waals surface area (Å²) in [5.41, 5.74) is 7.52. The Bertz CT molecular complexity index is 355. The van der Waals surface area contributed by atoms with Crippen molar-refractivity contribution in [2.24, 2.45) is 5.73 Å². The quantitative estimate of drug-likeness (QED) is 0.862. The van der Waals surface area contributed by atoms with Crippen LogP contribution in [-0.4, -0.2) is 27.2 Å². The molecule has 0 fully saturated rings. The molecule has 0 amide bonds. The smallest absolute Gasteiger partial charge is 0.142 e. The molecule has 4 heteroatoms. The molecule has 0 bridgehead atoms. The first kappa shape index (κ1) is 13.1. The number of nitrogens with two attached hydrogens (primary N) is 1. The summed E-state index contributed by atoms with van der Waals surface area (Å²) < 4.78 is 5.35. The van der Waals surface area contributed by atoms with E-state index in [1.807, 2.05) is 26.1 Å². The highest BCUT2D eigenvalue weighted by Crippen LogP contribution is 2.33. The van der Waals surface area contributed by atoms with Gasteiger partial charge >= 0.3 is 0 Å². The van der Waals surface area contributed by atoms with Gasteiger partial charge in [-0.3, -0.25) is 0 Å². The van der Waals surface area contributed by atoms with Crippen LogP contribution in [0.5, 0.6) is 5.75 Å². The fourth-order valence-electron chi connectivity index (χ4n) is 1.56. The van der Waals surface area contributed by atoms with E-state index in [0.29, 0.717) is 6.54 Å². The van der Waals surface area contributed by atoms with Gasteiger partial charge in [-0.2, -0.15) is 0 Å². The average molecular weight is 243 g/mol. The largest absolute Gasteiger partial charge is 0.495 e. The summed E-state index contributed by atoms with van der Waals surface area (Å²) in [6, 6.07) is 3.89. The Morgan fingerprint density at radius 3 is 2.69 bits per heavy atom. The number of benzene rings is 1. The Morgan fingerprint density at radius 1 is 1.44 bits per heavy atom. The lowest BCUT2D eigenvalue weighted by Crippen LogP contribution is -2.21. The van der Waals surface area contributed by atoms with Crippen LogP contribution in [0.25, 0.3) is 0 Å². The number of hydrogen-bond donors (Lipinski definition) is 1. The lowest BCUT2D eigenvalue weighted by atomic mass is 10.2. The number of aryl methyl sites for hydroxylation is 1. The minimum absolute atomic E-state index is 0.687. The van der Waals surface area contributed by atoms with Crippen LogP contribution in [-0.2, 0) is 0 Å². The summed E-state index contributed by atoms with van der Waals surface area (Å²) in [5.74, 6) is 0.849. The van der Waals surface area contributed by atoms with Gasteiger partial charge < -0.3 is 15.4 Å². The fourth-order valence-corrected chi connectivity index (χ4v) is 1.71. The van der Waals surface area contributed by atoms with Crippen molar-refractivity contribution in [1.82, 2.24) is 0 Å². The molecule has 1 aromatic carbocycles. The van der Waals surface area contributed by atoms with E-state index in [-0.39, 0.29) is 0 Å². The number of hydrogen-bond acceptors (Lipinski definition) is 3. The van der Waals surface area contributed by atoms with Gasteiger partial charge in [0, 0.05) is 18.6 Å². The Hall–Kier alpha value is -0.930. The van der Waals surface area contributed by atoms with E-state index in [4.69, 9.17) is 22.1 Å². The Kier molecular flexibility index (Phi) is 4.90. The molecule has 1 rings (SSSR count). The third-order valence-corrected chi connectivity index (χ3v) is 2.98. The second kappa shape index (κ2) is 5.97. The fraction of sp³-hybridized carbons (Fsp3) is 0.500. The molecule has 3 nitrogen and oxygen atoms in total. The molecule has 0 aliphatic heterocycles. The van der Waals surface area contributed by atoms with Crippen LogP contribution in [0.1, 0.15) is 12.0 Å². The van der Waals surface area contributed by atoms with Crippen molar-refractivity contribution in [3.05, 3.63) is 22.7 Å². The van der Waals surface area contributed by atoms with E-state index >= 15 is 0 Å². The highest BCUT2D eigenvalue weighted by Gasteiger charge is 2.10. The van der Waals surface area contributed by atoms with Crippen molar-refractivity contribution in [3.63, 3.8) is 0 Å². The normalized spacial score (nSPS) is 10.3. The van der Waals surface area contributed by atoms with Crippen molar-refractivity contribution < 1.29 is 4.74 Å². The van der Waals surface area contributed by atoms with Gasteiger partial charge in [-0.25, -0.2) is 0 Å². The van der Waals surface area contributed by atoms with Crippen LogP contribution >= 0.6 is 11.6 Å². The predicted molar refractivity (Wildman–Crippen MR) is 69.7 cm³/mol. The van der Waals surface area contributed by atoms with E-state index < -0.39 is 0 Å². The van der Waals surface area contributed by atoms with Crippen LogP contribution in [0.2, 0.25) is 5.02 Å². The van der Waals surface area contributed by atoms with Gasteiger partial charge in [0.2, 0.25) is 0 Å². The summed E-state index contributed by atoms with van der Waals surface area (Å²) in [4.78, 5) is 2.11. The maximum absolute atomic E-state index is 6.11. The zero-order chi connectivity index (χ0) is 12.1. The molecular formula is C12H19ClN2O. The molecule has 2 N–H and O–H groups in total. The van der Waals surface area contributed by atoms with E-state index in [2.05, 4.69) is 4.90 Å². The van der Waals surface area contributed by atoms with Crippen LogP contribution < -0.4 is 15.4 Å². The maximum Gasteiger partial charge on any atom is 0.142 e. The first-order valence-electron chi connectivity index (χ1n) is 5.35. The van der Waals surface area contributed by atoms with Crippen molar-refractivity contribution in [3.8, 4) is 5.75 Å². The minimum Gasteiger partial charge on any atom is -0.495 e. The monoisotopic (exact) mass is 242 g/mol. The number of nitrogens with zero attached hydrogens (tertiary/aromatic N) is 1. The van der Waals surface area contributed by atoms with Crippen molar-refractivity contribution >= 4 is 17.3 Å². The molecule has 0 atom stereocenters. The molecular weight excluding hydrogens is 224 g/mol. The van der Waals surface area contributed by atoms with Crippen LogP contribution in [0.4, 0.5) is 5.69 Å². The van der Waals surface area contributed by atoms with Gasteiger partial charge in [0.05, 0.1) is 12.8 Å². The second-order valence-electron chi connectivity index (χ2n) is 3.84. The highest BCUT2D eigenvalue weighted by molar-refractivity contribution is 6.31. The second-order valence-corrected chi connectivity index (χ2v) is 4.24. The van der Waals surface area contributed by atoms with Gasteiger partial charge in [-0.15, -0.1) is 0 Å². The van der Waals surface area contributed by atoms with Gasteiger partial charge in [0.25, 0.3) is 0 Å². The number of methoxy groups -OCH3 is 1. The Labute approximate surface area is 102 Å². The summed E-state index contributed by atoms with van der Waals surface area (Å²) in [6.07, 6.45) is 0.950. The standard InChI is InChI=1S/C12H19ClN2O/c1-9-7-12(16-3)11(8-10(9)13)15(2)6-4-5-14/h7-8H,4-6,14H2,1-3H3. The summed E-state index contributed by atoms with van der Waals surface area (Å²) in [7, 11) is 3.68. The number of rotatable bonds is 5. The van der Waals surface area contributed by atoms with Gasteiger partial charge in [-0.1, -0.05) is 11.6 Å². The Balaban J connectivity index is 2.96. The lowest BCUT2D eigenvalue weighted by molar-refractivity contribution is 0.414. The molecule has 0 unspecified atom stereocenters. The lowest BCUT2D eigenvalue weighted by Gasteiger charge is -2.22. The molecule has 0 aliphatic carbocycles. The average Bonchev–Trinajstić information content (AvgIpc) is 2.28. The first-order chi connectivity index (χ1) is 7.60. The van der Waals surface area contributed by atoms with Crippen LogP contribution in [0.3, 0.4) is 0 Å². The van der Waals surface area contributed by atoms with Crippen molar-refractivity contribution in [2.75, 3.05) is 32.1 Å². The van der Waals surface area contributed by atoms with Gasteiger partial charge in [0.1, 0.15) is 5.75 Å². The third kappa shape index (κ3) is 3.03. The molecule has 0 spiro atoms. The molecule has 0 aromatic heterocycles. The molecule has 0 heterocycles. The predicted octanol–water partition coefficient (Wildman–Crippen LogP) is 2.44.